The molecule has 0 saturated heterocycles. The zero-order chi connectivity index (χ0) is 24.4. The van der Waals surface area contributed by atoms with E-state index in [1.807, 2.05) is 13.0 Å². The van der Waals surface area contributed by atoms with Gasteiger partial charge in [-0.25, -0.2) is 4.79 Å². The van der Waals surface area contributed by atoms with Crippen LogP contribution in [0.25, 0.3) is 22.1 Å². The van der Waals surface area contributed by atoms with Gasteiger partial charge >= 0.3 is 5.97 Å². The fourth-order valence-corrected chi connectivity index (χ4v) is 4.14. The monoisotopic (exact) mass is 472 g/mol. The van der Waals surface area contributed by atoms with Gasteiger partial charge in [-0.05, 0) is 47.9 Å². The van der Waals surface area contributed by atoms with Crippen molar-refractivity contribution >= 4 is 16.9 Å². The highest BCUT2D eigenvalue weighted by Crippen LogP contribution is 2.35. The van der Waals surface area contributed by atoms with E-state index in [1.54, 1.807) is 48.5 Å². The van der Waals surface area contributed by atoms with E-state index in [0.717, 1.165) is 12.0 Å². The molecule has 0 atom stereocenters. The SMILES string of the molecule is CCCc1cc2c(=O)c(-c3ccc4c(c3)OCCO4)coc2cc1OC(=O)c1ccccc1OC. The minimum atomic E-state index is -0.547. The van der Waals surface area contributed by atoms with Gasteiger partial charge in [0.2, 0.25) is 5.43 Å². The molecule has 0 saturated carbocycles. The number of hydrogen-bond acceptors (Lipinski definition) is 7. The summed E-state index contributed by atoms with van der Waals surface area (Å²) >= 11 is 0. The lowest BCUT2D eigenvalue weighted by molar-refractivity contribution is 0.0729. The Kier molecular flexibility index (Phi) is 6.14. The van der Waals surface area contributed by atoms with E-state index in [1.165, 1.54) is 13.4 Å². The van der Waals surface area contributed by atoms with Crippen molar-refractivity contribution in [1.29, 1.82) is 0 Å². The molecule has 7 heteroatoms. The quantitative estimate of drug-likeness (QED) is 0.274. The third kappa shape index (κ3) is 4.33. The molecule has 3 aromatic carbocycles. The normalized spacial score (nSPS) is 12.4. The van der Waals surface area contributed by atoms with Gasteiger partial charge < -0.3 is 23.4 Å². The van der Waals surface area contributed by atoms with Gasteiger partial charge in [-0.3, -0.25) is 4.79 Å². The fourth-order valence-electron chi connectivity index (χ4n) is 4.14. The van der Waals surface area contributed by atoms with E-state index in [0.29, 0.717) is 70.3 Å². The number of para-hydroxylation sites is 1. The molecule has 0 bridgehead atoms. The summed E-state index contributed by atoms with van der Waals surface area (Å²) in [7, 11) is 1.50. The Morgan fingerprint density at radius 3 is 2.57 bits per heavy atom. The van der Waals surface area contributed by atoms with Gasteiger partial charge in [0.1, 0.15) is 42.1 Å². The number of aryl methyl sites for hydroxylation is 1. The summed E-state index contributed by atoms with van der Waals surface area (Å²) in [5.41, 5.74) is 2.30. The smallest absolute Gasteiger partial charge is 0.347 e. The third-order valence-corrected chi connectivity index (χ3v) is 5.86. The topological polar surface area (TPSA) is 84.2 Å². The first kappa shape index (κ1) is 22.5. The van der Waals surface area contributed by atoms with E-state index >= 15 is 0 Å². The molecule has 35 heavy (non-hydrogen) atoms. The molecular weight excluding hydrogens is 448 g/mol. The Hall–Kier alpha value is -4.26. The molecule has 0 fully saturated rings. The second kappa shape index (κ2) is 9.54. The second-order valence-electron chi connectivity index (χ2n) is 8.13. The van der Waals surface area contributed by atoms with Crippen LogP contribution in [0.2, 0.25) is 0 Å². The Morgan fingerprint density at radius 1 is 0.971 bits per heavy atom. The Labute approximate surface area is 201 Å². The molecule has 0 amide bonds. The van der Waals surface area contributed by atoms with Crippen LogP contribution < -0.4 is 24.4 Å². The lowest BCUT2D eigenvalue weighted by Gasteiger charge is -2.18. The number of benzene rings is 3. The van der Waals surface area contributed by atoms with Crippen LogP contribution in [-0.4, -0.2) is 26.3 Å². The van der Waals surface area contributed by atoms with E-state index in [2.05, 4.69) is 0 Å². The number of rotatable bonds is 6. The van der Waals surface area contributed by atoms with Crippen molar-refractivity contribution in [3.63, 3.8) is 0 Å². The zero-order valence-electron chi connectivity index (χ0n) is 19.5. The van der Waals surface area contributed by atoms with Crippen LogP contribution in [0.5, 0.6) is 23.0 Å². The molecule has 1 aliphatic rings. The molecule has 0 N–H and O–H groups in total. The summed E-state index contributed by atoms with van der Waals surface area (Å²) in [6.07, 6.45) is 2.84. The summed E-state index contributed by atoms with van der Waals surface area (Å²) < 4.78 is 28.1. The van der Waals surface area contributed by atoms with Gasteiger partial charge in [-0.1, -0.05) is 31.5 Å². The third-order valence-electron chi connectivity index (χ3n) is 5.86. The highest BCUT2D eigenvalue weighted by molar-refractivity contribution is 5.95. The molecule has 1 aromatic heterocycles. The molecule has 0 aliphatic carbocycles. The van der Waals surface area contributed by atoms with Crippen LogP contribution in [0.15, 0.2) is 70.1 Å². The van der Waals surface area contributed by atoms with Crippen LogP contribution in [0.3, 0.4) is 0 Å². The first-order valence-corrected chi connectivity index (χ1v) is 11.4. The predicted molar refractivity (Wildman–Crippen MR) is 131 cm³/mol. The maximum Gasteiger partial charge on any atom is 0.347 e. The fraction of sp³-hybridized carbons (Fsp3) is 0.214. The molecule has 1 aliphatic heterocycles. The Balaban J connectivity index is 1.55. The number of ether oxygens (including phenoxy) is 4. The van der Waals surface area contributed by atoms with E-state index < -0.39 is 5.97 Å². The van der Waals surface area contributed by atoms with Gasteiger partial charge in [0, 0.05) is 6.07 Å². The van der Waals surface area contributed by atoms with Crippen LogP contribution >= 0.6 is 0 Å². The molecule has 0 unspecified atom stereocenters. The van der Waals surface area contributed by atoms with Crippen LogP contribution in [0, 0.1) is 0 Å². The number of esters is 1. The predicted octanol–water partition coefficient (Wildman–Crippen LogP) is 5.41. The van der Waals surface area contributed by atoms with Gasteiger partial charge in [0.25, 0.3) is 0 Å². The number of fused-ring (bicyclic) bond motifs is 2. The van der Waals surface area contributed by atoms with Crippen LogP contribution in [0.4, 0.5) is 0 Å². The lowest BCUT2D eigenvalue weighted by atomic mass is 10.0. The summed E-state index contributed by atoms with van der Waals surface area (Å²) in [6.45, 7) is 2.97. The first-order chi connectivity index (χ1) is 17.1. The van der Waals surface area contributed by atoms with Crippen molar-refractivity contribution in [2.24, 2.45) is 0 Å². The minimum Gasteiger partial charge on any atom is -0.496 e. The summed E-state index contributed by atoms with van der Waals surface area (Å²) in [5, 5.41) is 0.415. The van der Waals surface area contributed by atoms with Crippen molar-refractivity contribution in [3.8, 4) is 34.1 Å². The average Bonchev–Trinajstić information content (AvgIpc) is 2.89. The van der Waals surface area contributed by atoms with Crippen LogP contribution in [-0.2, 0) is 6.42 Å². The van der Waals surface area contributed by atoms with Gasteiger partial charge in [0.15, 0.2) is 11.5 Å². The van der Waals surface area contributed by atoms with Crippen molar-refractivity contribution in [1.82, 2.24) is 0 Å². The molecule has 0 radical (unpaired) electrons. The maximum atomic E-state index is 13.4. The standard InChI is InChI=1S/C28H24O7/c1-3-6-18-13-20-25(15-24(18)35-28(30)19-7-4-5-8-22(19)31-2)34-16-21(27(20)29)17-9-10-23-26(14-17)33-12-11-32-23/h4-5,7-10,13-16H,3,6,11-12H2,1-2H3. The number of hydrogen-bond donors (Lipinski definition) is 0. The van der Waals surface area contributed by atoms with Gasteiger partial charge in [-0.15, -0.1) is 0 Å². The van der Waals surface area contributed by atoms with Crippen molar-refractivity contribution in [2.45, 2.75) is 19.8 Å². The second-order valence-corrected chi connectivity index (χ2v) is 8.13. The number of carbonyl (C=O) groups excluding carboxylic acids is 1. The molecule has 2 heterocycles. The zero-order valence-corrected chi connectivity index (χ0v) is 19.5. The van der Waals surface area contributed by atoms with Gasteiger partial charge in [0.05, 0.1) is 18.1 Å². The number of carbonyl (C=O) groups is 1. The molecular formula is C28H24O7. The molecule has 7 nitrogen and oxygen atoms in total. The number of methoxy groups -OCH3 is 1. The molecule has 178 valence electrons. The lowest BCUT2D eigenvalue weighted by Crippen LogP contribution is -2.15. The van der Waals surface area contributed by atoms with Crippen molar-refractivity contribution < 1.29 is 28.2 Å². The molecule has 4 aromatic rings. The largest absolute Gasteiger partial charge is 0.496 e. The van der Waals surface area contributed by atoms with Gasteiger partial charge in [-0.2, -0.15) is 0 Å². The Morgan fingerprint density at radius 2 is 1.77 bits per heavy atom. The maximum absolute atomic E-state index is 13.4. The average molecular weight is 472 g/mol. The van der Waals surface area contributed by atoms with Crippen LogP contribution in [0.1, 0.15) is 29.3 Å². The molecule has 5 rings (SSSR count). The molecule has 0 spiro atoms. The summed E-state index contributed by atoms with van der Waals surface area (Å²) in [6, 6.07) is 15.6. The highest BCUT2D eigenvalue weighted by atomic mass is 16.6. The minimum absolute atomic E-state index is 0.178. The van der Waals surface area contributed by atoms with E-state index in [4.69, 9.17) is 23.4 Å². The first-order valence-electron chi connectivity index (χ1n) is 11.4. The summed E-state index contributed by atoms with van der Waals surface area (Å²) in [4.78, 5) is 26.3. The summed E-state index contributed by atoms with van der Waals surface area (Å²) in [5.74, 6) is 1.47. The Bertz CT molecular complexity index is 1470. The van der Waals surface area contributed by atoms with E-state index in [-0.39, 0.29) is 5.43 Å². The van der Waals surface area contributed by atoms with Crippen molar-refractivity contribution in [3.05, 3.63) is 82.2 Å². The van der Waals surface area contributed by atoms with E-state index in [9.17, 15) is 9.59 Å². The highest BCUT2D eigenvalue weighted by Gasteiger charge is 2.20. The van der Waals surface area contributed by atoms with Crippen molar-refractivity contribution in [2.75, 3.05) is 20.3 Å².